The van der Waals surface area contributed by atoms with E-state index < -0.39 is 11.7 Å². The summed E-state index contributed by atoms with van der Waals surface area (Å²) in [6.07, 6.45) is 3.81. The standard InChI is InChI=1S/C23H26FN3O2/c1-26(2)22(28)18-14-16(10-11-19(18)24)25-20-12-13-27(23(20)29)21-9-5-7-15-6-3-4-8-17(15)21/h3-4,6,8,10-11,14,20-21,25H,5,7,9,12-13H2,1-2H3. The van der Waals surface area contributed by atoms with E-state index in [-0.39, 0.29) is 23.6 Å². The van der Waals surface area contributed by atoms with Gasteiger partial charge in [0.25, 0.3) is 5.91 Å². The lowest BCUT2D eigenvalue weighted by molar-refractivity contribution is -0.130. The Hall–Kier alpha value is -2.89. The molecule has 2 unspecified atom stereocenters. The number of hydrogen-bond donors (Lipinski definition) is 1. The van der Waals surface area contributed by atoms with Crippen molar-refractivity contribution < 1.29 is 14.0 Å². The molecule has 0 saturated carbocycles. The van der Waals surface area contributed by atoms with E-state index in [4.69, 9.17) is 0 Å². The second kappa shape index (κ2) is 7.85. The van der Waals surface area contributed by atoms with Gasteiger partial charge >= 0.3 is 0 Å². The predicted molar refractivity (Wildman–Crippen MR) is 110 cm³/mol. The summed E-state index contributed by atoms with van der Waals surface area (Å²) in [6.45, 7) is 0.695. The molecule has 2 atom stereocenters. The summed E-state index contributed by atoms with van der Waals surface area (Å²) >= 11 is 0. The lowest BCUT2D eigenvalue weighted by Gasteiger charge is -2.33. The maximum absolute atomic E-state index is 14.1. The minimum atomic E-state index is -0.563. The van der Waals surface area contributed by atoms with E-state index in [0.29, 0.717) is 18.7 Å². The number of carbonyl (C=O) groups excluding carboxylic acids is 2. The predicted octanol–water partition coefficient (Wildman–Crippen LogP) is 3.62. The third-order valence-electron chi connectivity index (χ3n) is 5.90. The first-order chi connectivity index (χ1) is 14.0. The summed E-state index contributed by atoms with van der Waals surface area (Å²) < 4.78 is 14.1. The maximum Gasteiger partial charge on any atom is 0.256 e. The summed E-state index contributed by atoms with van der Waals surface area (Å²) in [6, 6.07) is 12.5. The average molecular weight is 395 g/mol. The van der Waals surface area contributed by atoms with E-state index >= 15 is 0 Å². The molecule has 152 valence electrons. The number of benzene rings is 2. The zero-order valence-corrected chi connectivity index (χ0v) is 16.8. The molecule has 29 heavy (non-hydrogen) atoms. The van der Waals surface area contributed by atoms with Crippen molar-refractivity contribution in [1.29, 1.82) is 0 Å². The van der Waals surface area contributed by atoms with Crippen LogP contribution < -0.4 is 5.32 Å². The Labute approximate surface area is 170 Å². The minimum absolute atomic E-state index is 0.00325. The summed E-state index contributed by atoms with van der Waals surface area (Å²) in [5.74, 6) is -0.895. The molecule has 2 aliphatic rings. The van der Waals surface area contributed by atoms with Crippen molar-refractivity contribution in [3.63, 3.8) is 0 Å². The number of amides is 2. The van der Waals surface area contributed by atoms with Crippen LogP contribution in [0.25, 0.3) is 0 Å². The van der Waals surface area contributed by atoms with Crippen LogP contribution in [0.5, 0.6) is 0 Å². The molecule has 0 aromatic heterocycles. The molecule has 2 aromatic rings. The third-order valence-corrected chi connectivity index (χ3v) is 5.90. The van der Waals surface area contributed by atoms with Crippen LogP contribution in [0, 0.1) is 5.82 Å². The van der Waals surface area contributed by atoms with Crippen LogP contribution in [0.4, 0.5) is 10.1 Å². The quantitative estimate of drug-likeness (QED) is 0.860. The Morgan fingerprint density at radius 2 is 1.97 bits per heavy atom. The number of rotatable bonds is 4. The molecule has 1 aliphatic heterocycles. The average Bonchev–Trinajstić information content (AvgIpc) is 3.08. The number of likely N-dealkylation sites (tertiary alicyclic amines) is 1. The molecular weight excluding hydrogens is 369 g/mol. The van der Waals surface area contributed by atoms with Crippen LogP contribution in [0.1, 0.15) is 46.8 Å². The number of nitrogens with one attached hydrogen (secondary N) is 1. The van der Waals surface area contributed by atoms with Crippen molar-refractivity contribution >= 4 is 17.5 Å². The first-order valence-electron chi connectivity index (χ1n) is 10.1. The van der Waals surface area contributed by atoms with Crippen molar-refractivity contribution in [3.05, 3.63) is 65.0 Å². The second-order valence-electron chi connectivity index (χ2n) is 8.02. The van der Waals surface area contributed by atoms with Gasteiger partial charge < -0.3 is 15.1 Å². The minimum Gasteiger partial charge on any atom is -0.374 e. The highest BCUT2D eigenvalue weighted by molar-refractivity contribution is 5.95. The van der Waals surface area contributed by atoms with Crippen LogP contribution in [-0.2, 0) is 11.2 Å². The fourth-order valence-electron chi connectivity index (χ4n) is 4.42. The van der Waals surface area contributed by atoms with E-state index in [2.05, 4.69) is 23.5 Å². The summed E-state index contributed by atoms with van der Waals surface area (Å²) in [7, 11) is 3.17. The van der Waals surface area contributed by atoms with Gasteiger partial charge in [0.1, 0.15) is 11.9 Å². The molecule has 6 heteroatoms. The van der Waals surface area contributed by atoms with Crippen molar-refractivity contribution in [2.24, 2.45) is 0 Å². The monoisotopic (exact) mass is 395 g/mol. The van der Waals surface area contributed by atoms with Gasteiger partial charge in [0.2, 0.25) is 5.91 Å². The summed E-state index contributed by atoms with van der Waals surface area (Å²) in [4.78, 5) is 28.6. The highest BCUT2D eigenvalue weighted by atomic mass is 19.1. The molecule has 0 radical (unpaired) electrons. The molecule has 2 amide bonds. The number of fused-ring (bicyclic) bond motifs is 1. The molecule has 0 spiro atoms. The highest BCUT2D eigenvalue weighted by Gasteiger charge is 2.38. The van der Waals surface area contributed by atoms with Crippen LogP contribution in [0.2, 0.25) is 0 Å². The molecule has 0 bridgehead atoms. The van der Waals surface area contributed by atoms with E-state index in [1.165, 1.54) is 28.2 Å². The Kier molecular flexibility index (Phi) is 5.26. The van der Waals surface area contributed by atoms with E-state index in [9.17, 15) is 14.0 Å². The van der Waals surface area contributed by atoms with Gasteiger partial charge in [-0.15, -0.1) is 0 Å². The van der Waals surface area contributed by atoms with Gasteiger partial charge in [-0.1, -0.05) is 24.3 Å². The van der Waals surface area contributed by atoms with Gasteiger partial charge in [0, 0.05) is 26.3 Å². The van der Waals surface area contributed by atoms with Crippen molar-refractivity contribution in [3.8, 4) is 0 Å². The Balaban J connectivity index is 1.51. The van der Waals surface area contributed by atoms with Gasteiger partial charge in [-0.25, -0.2) is 4.39 Å². The van der Waals surface area contributed by atoms with Gasteiger partial charge in [-0.3, -0.25) is 9.59 Å². The molecule has 2 aromatic carbocycles. The second-order valence-corrected chi connectivity index (χ2v) is 8.02. The zero-order chi connectivity index (χ0) is 20.5. The van der Waals surface area contributed by atoms with Crippen molar-refractivity contribution in [2.45, 2.75) is 37.8 Å². The number of aryl methyl sites for hydroxylation is 1. The van der Waals surface area contributed by atoms with Gasteiger partial charge in [0.05, 0.1) is 11.6 Å². The molecule has 1 heterocycles. The number of anilines is 1. The lowest BCUT2D eigenvalue weighted by atomic mass is 9.87. The number of hydrogen-bond acceptors (Lipinski definition) is 3. The molecule has 1 aliphatic carbocycles. The Morgan fingerprint density at radius 1 is 1.17 bits per heavy atom. The Morgan fingerprint density at radius 3 is 2.76 bits per heavy atom. The van der Waals surface area contributed by atoms with Crippen LogP contribution in [0.3, 0.4) is 0 Å². The van der Waals surface area contributed by atoms with Gasteiger partial charge in [0.15, 0.2) is 0 Å². The maximum atomic E-state index is 14.1. The fraction of sp³-hybridized carbons (Fsp3) is 0.391. The number of carbonyl (C=O) groups is 2. The van der Waals surface area contributed by atoms with Gasteiger partial charge in [-0.05, 0) is 55.0 Å². The van der Waals surface area contributed by atoms with Crippen LogP contribution in [-0.4, -0.2) is 48.3 Å². The van der Waals surface area contributed by atoms with Crippen LogP contribution >= 0.6 is 0 Å². The molecule has 5 nitrogen and oxygen atoms in total. The topological polar surface area (TPSA) is 52.7 Å². The lowest BCUT2D eigenvalue weighted by Crippen LogP contribution is -2.37. The van der Waals surface area contributed by atoms with Gasteiger partial charge in [-0.2, -0.15) is 0 Å². The zero-order valence-electron chi connectivity index (χ0n) is 16.8. The third kappa shape index (κ3) is 3.71. The van der Waals surface area contributed by atoms with Crippen molar-refractivity contribution in [2.75, 3.05) is 26.0 Å². The molecule has 1 N–H and O–H groups in total. The van der Waals surface area contributed by atoms with E-state index in [1.807, 2.05) is 11.0 Å². The molecular formula is C23H26FN3O2. The fourth-order valence-corrected chi connectivity index (χ4v) is 4.42. The smallest absolute Gasteiger partial charge is 0.256 e. The first kappa shape index (κ1) is 19.4. The molecule has 4 rings (SSSR count). The number of nitrogens with zero attached hydrogens (tertiary/aromatic N) is 2. The molecule has 1 fully saturated rings. The van der Waals surface area contributed by atoms with E-state index in [0.717, 1.165) is 19.3 Å². The van der Waals surface area contributed by atoms with E-state index in [1.54, 1.807) is 20.2 Å². The van der Waals surface area contributed by atoms with Crippen LogP contribution in [0.15, 0.2) is 42.5 Å². The summed E-state index contributed by atoms with van der Waals surface area (Å²) in [5, 5.41) is 3.22. The summed E-state index contributed by atoms with van der Waals surface area (Å²) in [5.41, 5.74) is 3.18. The SMILES string of the molecule is CN(C)C(=O)c1cc(NC2CCN(C3CCCc4ccccc43)C2=O)ccc1F. The van der Waals surface area contributed by atoms with Crippen molar-refractivity contribution in [1.82, 2.24) is 9.80 Å². The Bertz CT molecular complexity index is 943. The normalized spacial score (nSPS) is 21.1. The highest BCUT2D eigenvalue weighted by Crippen LogP contribution is 2.37. The molecule has 1 saturated heterocycles. The first-order valence-corrected chi connectivity index (χ1v) is 10.1. The number of halogens is 1. The largest absolute Gasteiger partial charge is 0.374 e.